The Labute approximate surface area is 310 Å². The molecule has 20 nitrogen and oxygen atoms in total. The lowest BCUT2D eigenvalue weighted by atomic mass is 10.0. The molecular weight excluding hydrogens is 709 g/mol. The SMILES string of the molecule is BC(=O)CN(CCOC(=O)COCC(=O)COCCOCCNC(=O)OCCC)CCOC(=O)COCC(=O)COCCOCCNC(=O)OCCC. The van der Waals surface area contributed by atoms with E-state index in [0.717, 1.165) is 12.8 Å². The molecule has 2 amide bonds. The largest absolute Gasteiger partial charge is 0.463 e. The Balaban J connectivity index is 3.89. The molecule has 0 heterocycles. The van der Waals surface area contributed by atoms with E-state index in [-0.39, 0.29) is 118 Å². The van der Waals surface area contributed by atoms with Gasteiger partial charge >= 0.3 is 24.1 Å². The number of nitrogens with one attached hydrogen (secondary N) is 2. The Morgan fingerprint density at radius 1 is 0.472 bits per heavy atom. The Hall–Kier alpha value is -3.73. The second-order valence-corrected chi connectivity index (χ2v) is 10.9. The lowest BCUT2D eigenvalue weighted by Crippen LogP contribution is -2.36. The van der Waals surface area contributed by atoms with Crippen molar-refractivity contribution >= 4 is 49.2 Å². The third-order valence-electron chi connectivity index (χ3n) is 5.93. The van der Waals surface area contributed by atoms with Crippen LogP contribution in [0.5, 0.6) is 0 Å². The zero-order chi connectivity index (χ0) is 39.4. The molecule has 0 bridgehead atoms. The first-order valence-electron chi connectivity index (χ1n) is 17.4. The van der Waals surface area contributed by atoms with Gasteiger partial charge in [0.05, 0.1) is 58.5 Å². The zero-order valence-electron chi connectivity index (χ0n) is 31.2. The van der Waals surface area contributed by atoms with Crippen LogP contribution in [-0.4, -0.2) is 193 Å². The summed E-state index contributed by atoms with van der Waals surface area (Å²) in [4.78, 5) is 83.4. The maximum atomic E-state index is 12.0. The van der Waals surface area contributed by atoms with E-state index in [4.69, 9.17) is 47.4 Å². The molecule has 53 heavy (non-hydrogen) atoms. The van der Waals surface area contributed by atoms with E-state index in [2.05, 4.69) is 10.6 Å². The number of hydrogen-bond acceptors (Lipinski definition) is 18. The van der Waals surface area contributed by atoms with Crippen LogP contribution in [0.15, 0.2) is 0 Å². The number of carbonyl (C=O) groups excluding carboxylic acids is 7. The fourth-order valence-electron chi connectivity index (χ4n) is 3.58. The molecule has 304 valence electrons. The van der Waals surface area contributed by atoms with Crippen molar-refractivity contribution in [1.29, 1.82) is 0 Å². The van der Waals surface area contributed by atoms with Gasteiger partial charge in [-0.1, -0.05) is 13.8 Å². The number of hydrogen-bond donors (Lipinski definition) is 2. The minimum atomic E-state index is -0.713. The number of rotatable bonds is 36. The molecule has 2 N–H and O–H groups in total. The summed E-state index contributed by atoms with van der Waals surface area (Å²) >= 11 is 0. The number of nitrogens with zero attached hydrogens (tertiary/aromatic N) is 1. The lowest BCUT2D eigenvalue weighted by Gasteiger charge is -2.20. The van der Waals surface area contributed by atoms with E-state index in [1.54, 1.807) is 4.90 Å². The maximum Gasteiger partial charge on any atom is 0.407 e. The molecule has 0 aliphatic rings. The molecule has 0 rings (SSSR count). The molecule has 0 radical (unpaired) electrons. The van der Waals surface area contributed by atoms with Crippen molar-refractivity contribution in [3.63, 3.8) is 0 Å². The summed E-state index contributed by atoms with van der Waals surface area (Å²) in [5.74, 6) is -2.21. The summed E-state index contributed by atoms with van der Waals surface area (Å²) in [6.07, 6.45) is 0.437. The number of ketones is 2. The van der Waals surface area contributed by atoms with Gasteiger partial charge in [-0.3, -0.25) is 14.5 Å². The van der Waals surface area contributed by atoms with Crippen LogP contribution in [0.2, 0.25) is 0 Å². The predicted octanol–water partition coefficient (Wildman–Crippen LogP) is -1.96. The highest BCUT2D eigenvalue weighted by Gasteiger charge is 2.13. The first-order chi connectivity index (χ1) is 25.6. The van der Waals surface area contributed by atoms with Gasteiger partial charge in [0.2, 0.25) is 0 Å². The molecule has 0 aromatic carbocycles. The monoisotopic (exact) mass is 765 g/mol. The third-order valence-corrected chi connectivity index (χ3v) is 5.93. The van der Waals surface area contributed by atoms with Crippen LogP contribution in [0.3, 0.4) is 0 Å². The molecule has 0 aliphatic heterocycles. The van der Waals surface area contributed by atoms with Gasteiger partial charge in [0.1, 0.15) is 52.9 Å². The average molecular weight is 766 g/mol. The van der Waals surface area contributed by atoms with Crippen LogP contribution >= 0.6 is 0 Å². The van der Waals surface area contributed by atoms with Crippen LogP contribution in [0.4, 0.5) is 9.59 Å². The molecule has 0 aliphatic carbocycles. The maximum absolute atomic E-state index is 12.0. The van der Waals surface area contributed by atoms with E-state index >= 15 is 0 Å². The fourth-order valence-corrected chi connectivity index (χ4v) is 3.58. The summed E-state index contributed by atoms with van der Waals surface area (Å²) in [5.41, 5.74) is -0.156. The minimum Gasteiger partial charge on any atom is -0.463 e. The predicted molar refractivity (Wildman–Crippen MR) is 186 cm³/mol. The van der Waals surface area contributed by atoms with E-state index in [1.807, 2.05) is 13.8 Å². The molecule has 0 saturated heterocycles. The number of Topliss-reactive ketones (excluding diaryl/α,β-unsaturated/α-hetero) is 2. The van der Waals surface area contributed by atoms with E-state index in [0.29, 0.717) is 13.2 Å². The van der Waals surface area contributed by atoms with Crippen molar-refractivity contribution in [1.82, 2.24) is 15.5 Å². The standard InChI is InChI=1S/C32H56BN3O17/c1-3-9-52-31(42)34-5-11-44-15-17-46-20-26(37)22-48-24-29(40)50-13-7-36(19-28(33)39)8-14-51-30(41)25-49-23-27(38)21-47-18-16-45-12-6-35-32(43)53-10-4-2/h3-25,33H2,1-2H3,(H,34,42)(H,35,43). The first kappa shape index (κ1) is 49.3. The zero-order valence-corrected chi connectivity index (χ0v) is 31.2. The number of amides is 2. The van der Waals surface area contributed by atoms with E-state index in [1.165, 1.54) is 7.85 Å². The summed E-state index contributed by atoms with van der Waals surface area (Å²) in [5, 5.41) is 5.05. The third kappa shape index (κ3) is 35.1. The number of ether oxygens (including phenoxy) is 10. The van der Waals surface area contributed by atoms with Crippen molar-refractivity contribution in [3.05, 3.63) is 0 Å². The highest BCUT2D eigenvalue weighted by atomic mass is 16.6. The second kappa shape index (κ2) is 35.3. The first-order valence-corrected chi connectivity index (χ1v) is 17.4. The van der Waals surface area contributed by atoms with Crippen molar-refractivity contribution in [2.45, 2.75) is 26.7 Å². The van der Waals surface area contributed by atoms with Gasteiger partial charge in [0.25, 0.3) is 0 Å². The smallest absolute Gasteiger partial charge is 0.407 e. The Kier molecular flexibility index (Phi) is 32.8. The van der Waals surface area contributed by atoms with Crippen molar-refractivity contribution < 1.29 is 80.9 Å². The molecule has 0 unspecified atom stereocenters. The Bertz CT molecular complexity index is 981. The Morgan fingerprint density at radius 3 is 1.26 bits per heavy atom. The molecule has 0 atom stereocenters. The molecular formula is C32H56BN3O17. The molecule has 0 fully saturated rings. The van der Waals surface area contributed by atoms with Crippen molar-refractivity contribution in [3.8, 4) is 0 Å². The summed E-state index contributed by atoms with van der Waals surface area (Å²) in [6, 6.07) is 0. The topological polar surface area (TPSA) is 239 Å². The van der Waals surface area contributed by atoms with Gasteiger partial charge in [-0.15, -0.1) is 0 Å². The quantitative estimate of drug-likeness (QED) is 0.0305. The molecule has 21 heteroatoms. The van der Waals surface area contributed by atoms with Crippen molar-refractivity contribution in [2.75, 3.05) is 138 Å². The van der Waals surface area contributed by atoms with Gasteiger partial charge in [-0.2, -0.15) is 0 Å². The van der Waals surface area contributed by atoms with Gasteiger partial charge in [-0.05, 0) is 12.8 Å². The average Bonchev–Trinajstić information content (AvgIpc) is 3.11. The number of alkyl carbamates (subject to hydrolysis) is 2. The molecule has 0 saturated carbocycles. The lowest BCUT2D eigenvalue weighted by molar-refractivity contribution is -0.150. The van der Waals surface area contributed by atoms with Gasteiger partial charge < -0.3 is 62.8 Å². The van der Waals surface area contributed by atoms with Crippen LogP contribution in [0.1, 0.15) is 26.7 Å². The van der Waals surface area contributed by atoms with Crippen LogP contribution < -0.4 is 10.6 Å². The van der Waals surface area contributed by atoms with Gasteiger partial charge in [0, 0.05) is 32.7 Å². The normalized spacial score (nSPS) is 10.8. The van der Waals surface area contributed by atoms with E-state index < -0.39 is 48.9 Å². The van der Waals surface area contributed by atoms with Crippen LogP contribution in [-0.2, 0) is 71.3 Å². The van der Waals surface area contributed by atoms with Crippen LogP contribution in [0.25, 0.3) is 0 Å². The van der Waals surface area contributed by atoms with Gasteiger partial charge in [0.15, 0.2) is 19.4 Å². The van der Waals surface area contributed by atoms with E-state index in [9.17, 15) is 33.6 Å². The van der Waals surface area contributed by atoms with Gasteiger partial charge in [-0.25, -0.2) is 19.2 Å². The number of carbonyl (C=O) groups is 7. The molecule has 0 aromatic rings. The fraction of sp³-hybridized carbons (Fsp3) is 0.781. The summed E-state index contributed by atoms with van der Waals surface area (Å²) in [7, 11) is 1.38. The summed E-state index contributed by atoms with van der Waals surface area (Å²) < 4.78 is 50.9. The molecule has 0 aromatic heterocycles. The Morgan fingerprint density at radius 2 is 0.868 bits per heavy atom. The second-order valence-electron chi connectivity index (χ2n) is 10.9. The summed E-state index contributed by atoms with van der Waals surface area (Å²) in [6.45, 7) is 4.31. The highest BCUT2D eigenvalue weighted by Crippen LogP contribution is 1.94. The highest BCUT2D eigenvalue weighted by molar-refractivity contribution is 6.58. The minimum absolute atomic E-state index is 0.0241. The number of esters is 2. The van der Waals surface area contributed by atoms with Crippen LogP contribution in [0, 0.1) is 0 Å². The van der Waals surface area contributed by atoms with Crippen molar-refractivity contribution in [2.24, 2.45) is 0 Å². The molecule has 0 spiro atoms.